The molecule has 2 aliphatic rings. The molecular weight excluding hydrogens is 541 g/mol. The van der Waals surface area contributed by atoms with Crippen LogP contribution in [0.25, 0.3) is 0 Å². The third-order valence-corrected chi connectivity index (χ3v) is 6.01. The fourth-order valence-electron chi connectivity index (χ4n) is 3.86. The molecule has 0 spiro atoms. The predicted octanol–water partition coefficient (Wildman–Crippen LogP) is 1.96. The van der Waals surface area contributed by atoms with Gasteiger partial charge in [-0.2, -0.15) is 13.2 Å². The van der Waals surface area contributed by atoms with E-state index in [2.05, 4.69) is 10.2 Å². The fourth-order valence-corrected chi connectivity index (χ4v) is 3.86. The van der Waals surface area contributed by atoms with Gasteiger partial charge in [-0.3, -0.25) is 24.7 Å². The summed E-state index contributed by atoms with van der Waals surface area (Å²) in [7, 11) is 0. The van der Waals surface area contributed by atoms with E-state index in [1.54, 1.807) is 18.2 Å². The molecule has 220 valence electrons. The Hall–Kier alpha value is -4.14. The van der Waals surface area contributed by atoms with E-state index in [-0.39, 0.29) is 12.3 Å². The second-order valence-electron chi connectivity index (χ2n) is 9.40. The number of carbonyl (C=O) groups excluding carboxylic acids is 3. The summed E-state index contributed by atoms with van der Waals surface area (Å²) in [5.74, 6) is -3.42. The highest BCUT2D eigenvalue weighted by atomic mass is 19.4. The molecule has 0 unspecified atom stereocenters. The van der Waals surface area contributed by atoms with Crippen LogP contribution in [0.15, 0.2) is 36.4 Å². The van der Waals surface area contributed by atoms with E-state index in [4.69, 9.17) is 14.9 Å². The van der Waals surface area contributed by atoms with Gasteiger partial charge in [-0.15, -0.1) is 0 Å². The first-order valence-electron chi connectivity index (χ1n) is 12.2. The lowest BCUT2D eigenvalue weighted by atomic mass is 9.89. The molecular formula is C25H31F3N4O8. The van der Waals surface area contributed by atoms with Crippen molar-refractivity contribution in [3.8, 4) is 5.75 Å². The molecule has 3 rings (SSSR count). The number of benzene rings is 1. The van der Waals surface area contributed by atoms with Crippen LogP contribution in [0, 0.1) is 5.41 Å². The maximum atomic E-state index is 12.5. The molecule has 4 amide bonds. The Morgan fingerprint density at radius 3 is 2.12 bits per heavy atom. The number of alkyl halides is 3. The molecule has 1 aromatic carbocycles. The Morgan fingerprint density at radius 1 is 1.00 bits per heavy atom. The molecule has 15 heteroatoms. The molecule has 12 nitrogen and oxygen atoms in total. The highest BCUT2D eigenvalue weighted by Crippen LogP contribution is 2.30. The first-order valence-corrected chi connectivity index (χ1v) is 12.2. The van der Waals surface area contributed by atoms with Gasteiger partial charge in [-0.1, -0.05) is 12.1 Å². The highest BCUT2D eigenvalue weighted by molar-refractivity contribution is 6.18. The second kappa shape index (κ2) is 13.8. The zero-order chi connectivity index (χ0) is 30.1. The lowest BCUT2D eigenvalue weighted by Gasteiger charge is -2.37. The minimum atomic E-state index is -4.40. The maximum absolute atomic E-state index is 12.5. The van der Waals surface area contributed by atoms with Gasteiger partial charge in [-0.25, -0.2) is 14.4 Å². The van der Waals surface area contributed by atoms with E-state index in [0.717, 1.165) is 4.90 Å². The minimum Gasteiger partial charge on any atom is -0.482 e. The number of imide groups is 2. The van der Waals surface area contributed by atoms with E-state index in [1.807, 2.05) is 4.90 Å². The largest absolute Gasteiger partial charge is 0.482 e. The normalized spacial score (nSPS) is 17.8. The first kappa shape index (κ1) is 32.1. The van der Waals surface area contributed by atoms with Gasteiger partial charge in [0.2, 0.25) is 11.8 Å². The Kier molecular flexibility index (Phi) is 11.0. The van der Waals surface area contributed by atoms with Crippen molar-refractivity contribution >= 4 is 35.5 Å². The Labute approximate surface area is 228 Å². The molecule has 2 fully saturated rings. The summed E-state index contributed by atoms with van der Waals surface area (Å²) in [6.45, 7) is 5.05. The molecule has 2 aliphatic heterocycles. The molecule has 40 heavy (non-hydrogen) atoms. The number of para-hydroxylation sites is 2. The highest BCUT2D eigenvalue weighted by Gasteiger charge is 2.46. The van der Waals surface area contributed by atoms with Gasteiger partial charge in [0.25, 0.3) is 0 Å². The summed E-state index contributed by atoms with van der Waals surface area (Å²) in [4.78, 5) is 60.6. The summed E-state index contributed by atoms with van der Waals surface area (Å²) < 4.78 is 42.5. The molecule has 0 bridgehead atoms. The Morgan fingerprint density at radius 2 is 1.57 bits per heavy atom. The van der Waals surface area contributed by atoms with Crippen LogP contribution in [-0.2, 0) is 19.2 Å². The number of amides is 4. The van der Waals surface area contributed by atoms with Gasteiger partial charge in [-0.05, 0) is 38.9 Å². The number of nitrogens with zero attached hydrogens (tertiary/aromatic N) is 3. The summed E-state index contributed by atoms with van der Waals surface area (Å²) in [6.07, 6.45) is -2.74. The van der Waals surface area contributed by atoms with Crippen LogP contribution in [0.2, 0.25) is 0 Å². The van der Waals surface area contributed by atoms with Crippen LogP contribution in [-0.4, -0.2) is 102 Å². The molecule has 0 saturated carbocycles. The number of urea groups is 1. The SMILES string of the molecule is CC1(C)C(=O)NC(=O)N(CCCN2CCN(c3ccccc3OCC(F)(F)F)CC2)C1=O.O=C(O)C=CC(=O)O. The lowest BCUT2D eigenvalue weighted by Crippen LogP contribution is -2.62. The van der Waals surface area contributed by atoms with Crippen molar-refractivity contribution in [2.45, 2.75) is 26.4 Å². The quantitative estimate of drug-likeness (QED) is 0.295. The summed E-state index contributed by atoms with van der Waals surface area (Å²) >= 11 is 0. The third-order valence-electron chi connectivity index (χ3n) is 6.01. The number of hydrogen-bond acceptors (Lipinski definition) is 8. The number of halogens is 3. The van der Waals surface area contributed by atoms with Crippen molar-refractivity contribution in [1.29, 1.82) is 0 Å². The van der Waals surface area contributed by atoms with Crippen molar-refractivity contribution in [3.63, 3.8) is 0 Å². The predicted molar refractivity (Wildman–Crippen MR) is 135 cm³/mol. The molecule has 2 saturated heterocycles. The molecule has 3 N–H and O–H groups in total. The van der Waals surface area contributed by atoms with Crippen molar-refractivity contribution in [1.82, 2.24) is 15.1 Å². The number of carboxylic acid groups (broad SMARTS) is 2. The summed E-state index contributed by atoms with van der Waals surface area (Å²) in [5.41, 5.74) is -0.653. The van der Waals surface area contributed by atoms with Gasteiger partial charge >= 0.3 is 24.1 Å². The molecule has 1 aromatic rings. The average molecular weight is 573 g/mol. The van der Waals surface area contributed by atoms with E-state index in [9.17, 15) is 37.1 Å². The third kappa shape index (κ3) is 9.55. The topological polar surface area (TPSA) is 157 Å². The molecule has 0 atom stereocenters. The van der Waals surface area contributed by atoms with E-state index in [0.29, 0.717) is 57.0 Å². The Bertz CT molecular complexity index is 1120. The number of aliphatic carboxylic acids is 2. The van der Waals surface area contributed by atoms with Crippen molar-refractivity contribution in [2.75, 3.05) is 50.8 Å². The number of anilines is 1. The van der Waals surface area contributed by atoms with Gasteiger partial charge in [0.1, 0.15) is 11.2 Å². The van der Waals surface area contributed by atoms with Gasteiger partial charge in [0.05, 0.1) is 5.69 Å². The van der Waals surface area contributed by atoms with Crippen molar-refractivity contribution < 1.29 is 52.1 Å². The van der Waals surface area contributed by atoms with Crippen LogP contribution in [0.1, 0.15) is 20.3 Å². The lowest BCUT2D eigenvalue weighted by molar-refractivity contribution is -0.153. The molecule has 2 heterocycles. The smallest absolute Gasteiger partial charge is 0.422 e. The van der Waals surface area contributed by atoms with E-state index < -0.39 is 48.0 Å². The van der Waals surface area contributed by atoms with Crippen molar-refractivity contribution in [2.24, 2.45) is 5.41 Å². The van der Waals surface area contributed by atoms with Crippen LogP contribution in [0.3, 0.4) is 0 Å². The van der Waals surface area contributed by atoms with Crippen LogP contribution in [0.4, 0.5) is 23.7 Å². The van der Waals surface area contributed by atoms with Gasteiger partial charge in [0, 0.05) is 44.9 Å². The summed E-state index contributed by atoms with van der Waals surface area (Å²) in [6, 6.07) is 5.97. The van der Waals surface area contributed by atoms with Crippen LogP contribution >= 0.6 is 0 Å². The van der Waals surface area contributed by atoms with Gasteiger partial charge < -0.3 is 19.8 Å². The minimum absolute atomic E-state index is 0.199. The summed E-state index contributed by atoms with van der Waals surface area (Å²) in [5, 5.41) is 17.8. The number of nitrogens with one attached hydrogen (secondary N) is 1. The first-order chi connectivity index (χ1) is 18.6. The van der Waals surface area contributed by atoms with Crippen LogP contribution in [0.5, 0.6) is 5.75 Å². The monoisotopic (exact) mass is 572 g/mol. The molecule has 0 radical (unpaired) electrons. The number of carbonyl (C=O) groups is 5. The van der Waals surface area contributed by atoms with Gasteiger partial charge in [0.15, 0.2) is 6.61 Å². The number of barbiturate groups is 1. The number of piperazine rings is 1. The molecule has 0 aliphatic carbocycles. The fraction of sp³-hybridized carbons (Fsp3) is 0.480. The zero-order valence-electron chi connectivity index (χ0n) is 21.9. The number of rotatable bonds is 9. The average Bonchev–Trinajstić information content (AvgIpc) is 2.88. The molecule has 0 aromatic heterocycles. The number of hydrogen-bond donors (Lipinski definition) is 3. The van der Waals surface area contributed by atoms with E-state index >= 15 is 0 Å². The zero-order valence-corrected chi connectivity index (χ0v) is 21.9. The number of carboxylic acids is 2. The standard InChI is InChI=1S/C21H27F3N4O4.C4H4O4/c1-20(2)17(29)25-19(31)28(18(20)30)9-5-8-26-10-12-27(13-11-26)15-6-3-4-7-16(15)32-14-21(22,23)24;5-3(6)1-2-4(7)8/h3-4,6-7H,5,8-14H2,1-2H3,(H,25,29,31);1-2H,(H,5,6)(H,7,8). The van der Waals surface area contributed by atoms with Crippen molar-refractivity contribution in [3.05, 3.63) is 36.4 Å². The van der Waals surface area contributed by atoms with E-state index in [1.165, 1.54) is 19.9 Å². The maximum Gasteiger partial charge on any atom is 0.422 e. The van der Waals surface area contributed by atoms with Crippen LogP contribution < -0.4 is 15.0 Å². The Balaban J connectivity index is 0.000000611. The number of ether oxygens (including phenoxy) is 1. The second-order valence-corrected chi connectivity index (χ2v) is 9.40.